The molecule has 2 nitrogen and oxygen atoms in total. The predicted molar refractivity (Wildman–Crippen MR) is 54.1 cm³/mol. The van der Waals surface area contributed by atoms with E-state index >= 15 is 0 Å². The molecule has 0 radical (unpaired) electrons. The first-order chi connectivity index (χ1) is 6.09. The fourth-order valence-electron chi connectivity index (χ4n) is 1.64. The molecule has 0 bridgehead atoms. The second-order valence-electron chi connectivity index (χ2n) is 3.59. The third kappa shape index (κ3) is 1.32. The van der Waals surface area contributed by atoms with Crippen LogP contribution in [0.5, 0.6) is 0 Å². The van der Waals surface area contributed by atoms with Gasteiger partial charge in [-0.1, -0.05) is 6.07 Å². The molecule has 0 saturated carbocycles. The molecule has 0 fully saturated rings. The summed E-state index contributed by atoms with van der Waals surface area (Å²) in [7, 11) is -0.871. The van der Waals surface area contributed by atoms with Crippen LogP contribution in [0, 0.1) is 13.8 Å². The van der Waals surface area contributed by atoms with Crippen molar-refractivity contribution in [3.63, 3.8) is 0 Å². The Balaban J connectivity index is 2.65. The van der Waals surface area contributed by atoms with E-state index in [1.807, 2.05) is 13.0 Å². The highest BCUT2D eigenvalue weighted by atomic mass is 32.2. The summed E-state index contributed by atoms with van der Waals surface area (Å²) < 4.78 is 11.6. The van der Waals surface area contributed by atoms with Crippen LogP contribution < -0.4 is 5.73 Å². The van der Waals surface area contributed by atoms with E-state index in [4.69, 9.17) is 5.73 Å². The van der Waals surface area contributed by atoms with Crippen LogP contribution in [0.3, 0.4) is 0 Å². The van der Waals surface area contributed by atoms with Crippen LogP contribution in [0.15, 0.2) is 17.0 Å². The van der Waals surface area contributed by atoms with Gasteiger partial charge >= 0.3 is 0 Å². The highest BCUT2D eigenvalue weighted by Gasteiger charge is 2.25. The van der Waals surface area contributed by atoms with E-state index in [1.165, 1.54) is 11.1 Å². The van der Waals surface area contributed by atoms with Crippen LogP contribution in [0.4, 0.5) is 0 Å². The van der Waals surface area contributed by atoms with Crippen molar-refractivity contribution in [2.45, 2.75) is 24.8 Å². The second kappa shape index (κ2) is 2.93. The van der Waals surface area contributed by atoms with E-state index < -0.39 is 10.8 Å². The maximum absolute atomic E-state index is 11.6. The van der Waals surface area contributed by atoms with Crippen molar-refractivity contribution in [1.29, 1.82) is 0 Å². The molecule has 2 N–H and O–H groups in total. The Kier molecular flexibility index (Phi) is 2.00. The van der Waals surface area contributed by atoms with Crippen molar-refractivity contribution in [1.82, 2.24) is 0 Å². The minimum absolute atomic E-state index is 0.0323. The topological polar surface area (TPSA) is 43.1 Å². The van der Waals surface area contributed by atoms with Gasteiger partial charge in [-0.05, 0) is 36.6 Å². The predicted octanol–water partition coefficient (Wildman–Crippen LogP) is 1.42. The first-order valence-electron chi connectivity index (χ1n) is 4.34. The molecule has 0 spiro atoms. The lowest BCUT2D eigenvalue weighted by Gasteiger charge is -2.06. The number of nitrogens with two attached hydrogens (primary N) is 1. The summed E-state index contributed by atoms with van der Waals surface area (Å²) in [5.41, 5.74) is 9.36. The Bertz CT molecular complexity index is 387. The highest BCUT2D eigenvalue weighted by Crippen LogP contribution is 2.31. The summed E-state index contributed by atoms with van der Waals surface area (Å²) in [5.74, 6) is 0.582. The van der Waals surface area contributed by atoms with Crippen LogP contribution >= 0.6 is 0 Å². The molecule has 0 saturated heterocycles. The lowest BCUT2D eigenvalue weighted by molar-refractivity contribution is 0.683. The number of hydrogen-bond acceptors (Lipinski definition) is 2. The van der Waals surface area contributed by atoms with Gasteiger partial charge in [-0.25, -0.2) is 0 Å². The third-order valence-corrected chi connectivity index (χ3v) is 4.11. The monoisotopic (exact) mass is 195 g/mol. The quantitative estimate of drug-likeness (QED) is 0.680. The average molecular weight is 195 g/mol. The summed E-state index contributed by atoms with van der Waals surface area (Å²) in [5, 5.41) is 0. The molecule has 2 atom stereocenters. The van der Waals surface area contributed by atoms with E-state index in [2.05, 4.69) is 13.0 Å². The van der Waals surface area contributed by atoms with Gasteiger partial charge in [-0.15, -0.1) is 0 Å². The van der Waals surface area contributed by atoms with E-state index in [0.29, 0.717) is 5.75 Å². The fourth-order valence-corrected chi connectivity index (χ4v) is 3.11. The van der Waals surface area contributed by atoms with Gasteiger partial charge in [0.2, 0.25) is 0 Å². The fraction of sp³-hybridized carbons (Fsp3) is 0.400. The molecule has 1 aliphatic heterocycles. The number of aryl methyl sites for hydroxylation is 2. The molecule has 13 heavy (non-hydrogen) atoms. The van der Waals surface area contributed by atoms with Gasteiger partial charge in [0, 0.05) is 16.7 Å². The smallest absolute Gasteiger partial charge is 0.0552 e. The molecule has 1 heterocycles. The van der Waals surface area contributed by atoms with E-state index in [9.17, 15) is 4.21 Å². The van der Waals surface area contributed by atoms with Gasteiger partial charge in [0.25, 0.3) is 0 Å². The molecule has 2 rings (SSSR count). The van der Waals surface area contributed by atoms with E-state index in [0.717, 1.165) is 10.5 Å². The summed E-state index contributed by atoms with van der Waals surface area (Å²) in [4.78, 5) is 0.940. The van der Waals surface area contributed by atoms with Crippen LogP contribution in [0.1, 0.15) is 22.7 Å². The Morgan fingerprint density at radius 2 is 2.00 bits per heavy atom. The maximum Gasteiger partial charge on any atom is 0.0552 e. The molecule has 3 heteroatoms. The van der Waals surface area contributed by atoms with E-state index in [1.54, 1.807) is 0 Å². The van der Waals surface area contributed by atoms with Gasteiger partial charge in [0.15, 0.2) is 0 Å². The number of benzene rings is 1. The Morgan fingerprint density at radius 3 is 2.69 bits per heavy atom. The largest absolute Gasteiger partial charge is 0.323 e. The average Bonchev–Trinajstić information content (AvgIpc) is 2.31. The lowest BCUT2D eigenvalue weighted by Crippen LogP contribution is -2.10. The number of rotatable bonds is 0. The summed E-state index contributed by atoms with van der Waals surface area (Å²) in [6, 6.07) is 4.04. The zero-order valence-corrected chi connectivity index (χ0v) is 8.65. The van der Waals surface area contributed by atoms with Gasteiger partial charge in [0.1, 0.15) is 0 Å². The molecule has 2 unspecified atom stereocenters. The van der Waals surface area contributed by atoms with Crippen molar-refractivity contribution < 1.29 is 4.21 Å². The first-order valence-corrected chi connectivity index (χ1v) is 5.66. The van der Waals surface area contributed by atoms with Crippen LogP contribution in [-0.4, -0.2) is 9.96 Å². The molecule has 0 amide bonds. The zero-order chi connectivity index (χ0) is 9.59. The minimum Gasteiger partial charge on any atom is -0.323 e. The molecule has 70 valence electrons. The standard InChI is InChI=1S/C10H13NOS/c1-6-3-8-9(11)5-13(12)10(8)4-7(6)2/h3-4,9H,5,11H2,1-2H3. The molecule has 0 aliphatic carbocycles. The molecular weight excluding hydrogens is 182 g/mol. The zero-order valence-electron chi connectivity index (χ0n) is 7.83. The van der Waals surface area contributed by atoms with Gasteiger partial charge in [0.05, 0.1) is 10.8 Å². The Morgan fingerprint density at radius 1 is 1.38 bits per heavy atom. The van der Waals surface area contributed by atoms with Crippen LogP contribution in [0.2, 0.25) is 0 Å². The summed E-state index contributed by atoms with van der Waals surface area (Å²) in [6.45, 7) is 4.10. The van der Waals surface area contributed by atoms with Gasteiger partial charge in [-0.3, -0.25) is 4.21 Å². The molecular formula is C10H13NOS. The minimum atomic E-state index is -0.871. The van der Waals surface area contributed by atoms with Gasteiger partial charge < -0.3 is 5.73 Å². The number of fused-ring (bicyclic) bond motifs is 1. The lowest BCUT2D eigenvalue weighted by atomic mass is 10.0. The van der Waals surface area contributed by atoms with Crippen LogP contribution in [0.25, 0.3) is 0 Å². The summed E-state index contributed by atoms with van der Waals surface area (Å²) in [6.07, 6.45) is 0. The van der Waals surface area contributed by atoms with Crippen molar-refractivity contribution in [3.8, 4) is 0 Å². The first kappa shape index (κ1) is 8.91. The van der Waals surface area contributed by atoms with Crippen molar-refractivity contribution in [3.05, 3.63) is 28.8 Å². The van der Waals surface area contributed by atoms with E-state index in [-0.39, 0.29) is 6.04 Å². The highest BCUT2D eigenvalue weighted by molar-refractivity contribution is 7.85. The van der Waals surface area contributed by atoms with Crippen LogP contribution in [-0.2, 0) is 10.8 Å². The summed E-state index contributed by atoms with van der Waals surface area (Å²) >= 11 is 0. The molecule has 0 aromatic heterocycles. The number of hydrogen-bond donors (Lipinski definition) is 1. The normalized spacial score (nSPS) is 26.1. The van der Waals surface area contributed by atoms with Crippen molar-refractivity contribution in [2.24, 2.45) is 5.73 Å². The van der Waals surface area contributed by atoms with Crippen molar-refractivity contribution in [2.75, 3.05) is 5.75 Å². The molecule has 1 aromatic rings. The Labute approximate surface area is 80.6 Å². The second-order valence-corrected chi connectivity index (χ2v) is 5.06. The molecule has 1 aliphatic rings. The van der Waals surface area contributed by atoms with Gasteiger partial charge in [-0.2, -0.15) is 0 Å². The SMILES string of the molecule is Cc1cc2c(cc1C)S(=O)CC2N. The maximum atomic E-state index is 11.6. The van der Waals surface area contributed by atoms with Crippen molar-refractivity contribution >= 4 is 10.8 Å². The Hall–Kier alpha value is -0.670. The molecule has 1 aromatic carbocycles. The third-order valence-electron chi connectivity index (χ3n) is 2.60.